The van der Waals surface area contributed by atoms with Gasteiger partial charge in [-0.15, -0.1) is 0 Å². The summed E-state index contributed by atoms with van der Waals surface area (Å²) in [5.41, 5.74) is 0.608. The zero-order valence-corrected chi connectivity index (χ0v) is 11.4. The Hall–Kier alpha value is -0.680. The Balaban J connectivity index is 2.44. The third kappa shape index (κ3) is 4.45. The van der Waals surface area contributed by atoms with Gasteiger partial charge in [0.15, 0.2) is 0 Å². The molecule has 1 N–H and O–H groups in total. The van der Waals surface area contributed by atoms with Crippen molar-refractivity contribution in [1.29, 1.82) is 0 Å². The van der Waals surface area contributed by atoms with Crippen molar-refractivity contribution in [3.8, 4) is 0 Å². The van der Waals surface area contributed by atoms with Crippen LogP contribution in [0.3, 0.4) is 0 Å². The first-order valence-electron chi connectivity index (χ1n) is 5.02. The quantitative estimate of drug-likeness (QED) is 0.904. The Morgan fingerprint density at radius 3 is 2.88 bits per heavy atom. The molecule has 1 amide bonds. The van der Waals surface area contributed by atoms with Crippen molar-refractivity contribution < 1.29 is 9.00 Å². The van der Waals surface area contributed by atoms with Gasteiger partial charge >= 0.3 is 0 Å². The number of nitrogens with one attached hydrogen (secondary N) is 1. The van der Waals surface area contributed by atoms with Crippen LogP contribution >= 0.6 is 15.9 Å². The number of amides is 1. The number of hydrogen-bond acceptors (Lipinski definition) is 2. The predicted molar refractivity (Wildman–Crippen MR) is 70.0 cm³/mol. The molecule has 1 rings (SSSR count). The van der Waals surface area contributed by atoms with E-state index in [0.717, 1.165) is 4.47 Å². The first-order chi connectivity index (χ1) is 7.63. The van der Waals surface area contributed by atoms with Crippen molar-refractivity contribution in [3.63, 3.8) is 0 Å². The Labute approximate surface area is 106 Å². The Bertz CT molecular complexity index is 395. The summed E-state index contributed by atoms with van der Waals surface area (Å²) in [6.45, 7) is 2.32. The van der Waals surface area contributed by atoms with Gasteiger partial charge in [0.2, 0.25) is 0 Å². The van der Waals surface area contributed by atoms with Crippen molar-refractivity contribution in [2.75, 3.05) is 18.1 Å². The van der Waals surface area contributed by atoms with Crippen molar-refractivity contribution >= 4 is 32.6 Å². The SMILES string of the molecule is CCS(=O)CCNC(=O)c1cccc(Br)c1. The first-order valence-corrected chi connectivity index (χ1v) is 7.30. The van der Waals surface area contributed by atoms with E-state index in [-0.39, 0.29) is 5.91 Å². The van der Waals surface area contributed by atoms with E-state index in [1.165, 1.54) is 0 Å². The Morgan fingerprint density at radius 2 is 2.25 bits per heavy atom. The second-order valence-electron chi connectivity index (χ2n) is 3.20. The smallest absolute Gasteiger partial charge is 0.251 e. The highest BCUT2D eigenvalue weighted by atomic mass is 79.9. The van der Waals surface area contributed by atoms with Crippen LogP contribution in [0.15, 0.2) is 28.7 Å². The highest BCUT2D eigenvalue weighted by Gasteiger charge is 2.05. The second kappa shape index (κ2) is 6.81. The van der Waals surface area contributed by atoms with Crippen molar-refractivity contribution in [2.24, 2.45) is 0 Å². The van der Waals surface area contributed by atoms with E-state index in [1.807, 2.05) is 19.1 Å². The van der Waals surface area contributed by atoms with Crippen LogP contribution in [0.1, 0.15) is 17.3 Å². The summed E-state index contributed by atoms with van der Waals surface area (Å²) in [5, 5.41) is 2.74. The number of halogens is 1. The maximum atomic E-state index is 11.6. The normalized spacial score (nSPS) is 12.1. The summed E-state index contributed by atoms with van der Waals surface area (Å²) >= 11 is 3.30. The molecule has 1 aromatic rings. The van der Waals surface area contributed by atoms with Crippen molar-refractivity contribution in [3.05, 3.63) is 34.3 Å². The summed E-state index contributed by atoms with van der Waals surface area (Å²) in [4.78, 5) is 11.6. The van der Waals surface area contributed by atoms with Crippen LogP contribution in [0.25, 0.3) is 0 Å². The van der Waals surface area contributed by atoms with E-state index >= 15 is 0 Å². The number of rotatable bonds is 5. The van der Waals surface area contributed by atoms with Gasteiger partial charge in [0.1, 0.15) is 0 Å². The maximum absolute atomic E-state index is 11.6. The number of carbonyl (C=O) groups excluding carboxylic acids is 1. The molecule has 0 aliphatic heterocycles. The zero-order valence-electron chi connectivity index (χ0n) is 9.03. The second-order valence-corrected chi connectivity index (χ2v) is 5.98. The molecular formula is C11H14BrNO2S. The lowest BCUT2D eigenvalue weighted by atomic mass is 10.2. The van der Waals surface area contributed by atoms with Crippen LogP contribution in [-0.4, -0.2) is 28.2 Å². The molecular weight excluding hydrogens is 290 g/mol. The van der Waals surface area contributed by atoms with E-state index in [9.17, 15) is 9.00 Å². The van der Waals surface area contributed by atoms with Gasteiger partial charge in [-0.2, -0.15) is 0 Å². The molecule has 1 atom stereocenters. The predicted octanol–water partition coefficient (Wildman–Crippen LogP) is 1.95. The van der Waals surface area contributed by atoms with Gasteiger partial charge in [-0.25, -0.2) is 0 Å². The number of hydrogen-bond donors (Lipinski definition) is 1. The summed E-state index contributed by atoms with van der Waals surface area (Å²) in [6, 6.07) is 7.18. The molecule has 0 aromatic heterocycles. The summed E-state index contributed by atoms with van der Waals surface area (Å²) in [6.07, 6.45) is 0. The molecule has 0 saturated heterocycles. The van der Waals surface area contributed by atoms with Crippen LogP contribution < -0.4 is 5.32 Å². The van der Waals surface area contributed by atoms with Crippen molar-refractivity contribution in [1.82, 2.24) is 5.32 Å². The third-order valence-electron chi connectivity index (χ3n) is 2.02. The van der Waals surface area contributed by atoms with Gasteiger partial charge in [0.05, 0.1) is 0 Å². The molecule has 5 heteroatoms. The lowest BCUT2D eigenvalue weighted by Gasteiger charge is -2.04. The monoisotopic (exact) mass is 303 g/mol. The average molecular weight is 304 g/mol. The van der Waals surface area contributed by atoms with Gasteiger partial charge in [-0.3, -0.25) is 9.00 Å². The topological polar surface area (TPSA) is 46.2 Å². The van der Waals surface area contributed by atoms with Crippen LogP contribution in [-0.2, 0) is 10.8 Å². The minimum absolute atomic E-state index is 0.130. The Kier molecular flexibility index (Phi) is 5.69. The van der Waals surface area contributed by atoms with Gasteiger partial charge in [-0.05, 0) is 18.2 Å². The molecule has 88 valence electrons. The average Bonchev–Trinajstić information content (AvgIpc) is 2.28. The first kappa shape index (κ1) is 13.4. The molecule has 0 radical (unpaired) electrons. The summed E-state index contributed by atoms with van der Waals surface area (Å²) in [7, 11) is -0.828. The molecule has 0 fully saturated rings. The summed E-state index contributed by atoms with van der Waals surface area (Å²) in [5.74, 6) is 1.01. The molecule has 3 nitrogen and oxygen atoms in total. The van der Waals surface area contributed by atoms with E-state index < -0.39 is 10.8 Å². The fraction of sp³-hybridized carbons (Fsp3) is 0.364. The van der Waals surface area contributed by atoms with E-state index in [0.29, 0.717) is 23.6 Å². The van der Waals surface area contributed by atoms with Crippen LogP contribution in [0, 0.1) is 0 Å². The zero-order chi connectivity index (χ0) is 12.0. The Morgan fingerprint density at radius 1 is 1.50 bits per heavy atom. The van der Waals surface area contributed by atoms with Crippen molar-refractivity contribution in [2.45, 2.75) is 6.92 Å². The van der Waals surface area contributed by atoms with E-state index in [2.05, 4.69) is 21.2 Å². The maximum Gasteiger partial charge on any atom is 0.251 e. The van der Waals surface area contributed by atoms with Crippen LogP contribution in [0.5, 0.6) is 0 Å². The molecule has 0 heterocycles. The number of carbonyl (C=O) groups is 1. The van der Waals surface area contributed by atoms with Gasteiger partial charge < -0.3 is 5.32 Å². The molecule has 16 heavy (non-hydrogen) atoms. The molecule has 0 saturated carbocycles. The molecule has 0 aliphatic carbocycles. The molecule has 0 spiro atoms. The van der Waals surface area contributed by atoms with E-state index in [4.69, 9.17) is 0 Å². The standard InChI is InChI=1S/C11H14BrNO2S/c1-2-16(15)7-6-13-11(14)9-4-3-5-10(12)8-9/h3-5,8H,2,6-7H2,1H3,(H,13,14). The lowest BCUT2D eigenvalue weighted by molar-refractivity contribution is 0.0956. The number of benzene rings is 1. The highest BCUT2D eigenvalue weighted by Crippen LogP contribution is 2.11. The fourth-order valence-electron chi connectivity index (χ4n) is 1.15. The molecule has 0 aliphatic rings. The van der Waals surface area contributed by atoms with Crippen LogP contribution in [0.4, 0.5) is 0 Å². The third-order valence-corrected chi connectivity index (χ3v) is 3.82. The van der Waals surface area contributed by atoms with Gasteiger partial charge in [0, 0.05) is 38.9 Å². The minimum Gasteiger partial charge on any atom is -0.351 e. The largest absolute Gasteiger partial charge is 0.351 e. The van der Waals surface area contributed by atoms with E-state index in [1.54, 1.807) is 12.1 Å². The van der Waals surface area contributed by atoms with Gasteiger partial charge in [-0.1, -0.05) is 28.9 Å². The fourth-order valence-corrected chi connectivity index (χ4v) is 2.17. The molecule has 1 aromatic carbocycles. The van der Waals surface area contributed by atoms with Crippen LogP contribution in [0.2, 0.25) is 0 Å². The van der Waals surface area contributed by atoms with Gasteiger partial charge in [0.25, 0.3) is 5.91 Å². The highest BCUT2D eigenvalue weighted by molar-refractivity contribution is 9.10. The lowest BCUT2D eigenvalue weighted by Crippen LogP contribution is -2.27. The summed E-state index contributed by atoms with van der Waals surface area (Å²) < 4.78 is 12.0. The molecule has 1 unspecified atom stereocenters. The molecule has 0 bridgehead atoms. The minimum atomic E-state index is -0.828.